The Kier molecular flexibility index (Phi) is 8.63. The van der Waals surface area contributed by atoms with Gasteiger partial charge in [0.15, 0.2) is 0 Å². The molecule has 0 aromatic heterocycles. The Hall–Kier alpha value is -8.32. The molecule has 3 aliphatic carbocycles. The van der Waals surface area contributed by atoms with E-state index < -0.39 is 0 Å². The van der Waals surface area contributed by atoms with Crippen LogP contribution in [0.1, 0.15) is 74.9 Å². The van der Waals surface area contributed by atoms with Crippen LogP contribution in [0.5, 0.6) is 0 Å². The van der Waals surface area contributed by atoms with Crippen molar-refractivity contribution in [2.24, 2.45) is 0 Å². The highest BCUT2D eigenvalue weighted by Crippen LogP contribution is 2.57. The molecule has 12 aromatic carbocycles. The summed E-state index contributed by atoms with van der Waals surface area (Å²) in [6.07, 6.45) is 0. The maximum atomic E-state index is 2.51. The van der Waals surface area contributed by atoms with Gasteiger partial charge in [0.2, 0.25) is 0 Å². The first-order valence-corrected chi connectivity index (χ1v) is 26.2. The molecule has 0 nitrogen and oxygen atoms in total. The SMILES string of the molecule is CC1(C)c2ccccc2-c2ccc(-c3c4ccccc4c(-c4ccc5c(c4)C(C)(C)c4ccccc4-5)c4cc(-c5ccc(-c6ccc7c(c6)-c6c(c8ccccc8c8ccccc68)C7(C)C)cc5)ccc34)cc21. The zero-order valence-corrected chi connectivity index (χ0v) is 42.3. The summed E-state index contributed by atoms with van der Waals surface area (Å²) in [6, 6.07) is 83.4. The summed E-state index contributed by atoms with van der Waals surface area (Å²) in [6.45, 7) is 14.4. The van der Waals surface area contributed by atoms with Crippen molar-refractivity contribution in [2.75, 3.05) is 0 Å². The van der Waals surface area contributed by atoms with E-state index in [4.69, 9.17) is 0 Å². The summed E-state index contributed by atoms with van der Waals surface area (Å²) in [5.74, 6) is 0. The molecule has 0 fully saturated rings. The van der Waals surface area contributed by atoms with Crippen LogP contribution >= 0.6 is 0 Å². The van der Waals surface area contributed by atoms with Gasteiger partial charge in [-0.3, -0.25) is 0 Å². The molecular formula is C73H54. The fraction of sp³-hybridized carbons (Fsp3) is 0.123. The van der Waals surface area contributed by atoms with E-state index in [9.17, 15) is 0 Å². The Bertz CT molecular complexity index is 4380. The Morgan fingerprint density at radius 1 is 0.205 bits per heavy atom. The molecule has 0 heterocycles. The fourth-order valence-corrected chi connectivity index (χ4v) is 14.2. The van der Waals surface area contributed by atoms with Crippen molar-refractivity contribution in [1.29, 1.82) is 0 Å². The lowest BCUT2D eigenvalue weighted by Gasteiger charge is -2.24. The Morgan fingerprint density at radius 3 is 1.14 bits per heavy atom. The first-order chi connectivity index (χ1) is 35.5. The molecule has 0 radical (unpaired) electrons. The molecule has 12 aromatic rings. The van der Waals surface area contributed by atoms with E-state index in [1.54, 1.807) is 0 Å². The zero-order chi connectivity index (χ0) is 49.1. The summed E-state index contributed by atoms with van der Waals surface area (Å²) in [4.78, 5) is 0. The summed E-state index contributed by atoms with van der Waals surface area (Å²) in [7, 11) is 0. The van der Waals surface area contributed by atoms with Gasteiger partial charge in [0.25, 0.3) is 0 Å². The molecule has 73 heavy (non-hydrogen) atoms. The third-order valence-corrected chi connectivity index (χ3v) is 17.8. The van der Waals surface area contributed by atoms with Crippen LogP contribution in [0.25, 0.3) is 121 Å². The largest absolute Gasteiger partial charge is 0.0619 e. The van der Waals surface area contributed by atoms with Crippen LogP contribution in [0.2, 0.25) is 0 Å². The molecule has 0 heteroatoms. The molecule has 0 N–H and O–H groups in total. The van der Waals surface area contributed by atoms with Crippen molar-refractivity contribution in [2.45, 2.75) is 57.8 Å². The van der Waals surface area contributed by atoms with E-state index in [0.717, 1.165) is 0 Å². The molecule has 0 aliphatic heterocycles. The zero-order valence-electron chi connectivity index (χ0n) is 42.3. The van der Waals surface area contributed by atoms with Gasteiger partial charge in [0.05, 0.1) is 0 Å². The highest BCUT2D eigenvalue weighted by atomic mass is 14.4. The Morgan fingerprint density at radius 2 is 0.575 bits per heavy atom. The smallest absolute Gasteiger partial charge is 0.0165 e. The van der Waals surface area contributed by atoms with E-state index in [1.807, 2.05) is 0 Å². The number of hydrogen-bond donors (Lipinski definition) is 0. The predicted octanol–water partition coefficient (Wildman–Crippen LogP) is 19.9. The lowest BCUT2D eigenvalue weighted by Crippen LogP contribution is -2.15. The molecule has 0 atom stereocenters. The van der Waals surface area contributed by atoms with E-state index in [1.165, 1.54) is 154 Å². The maximum Gasteiger partial charge on any atom is 0.0165 e. The van der Waals surface area contributed by atoms with Gasteiger partial charge in [-0.15, -0.1) is 0 Å². The first kappa shape index (κ1) is 42.4. The van der Waals surface area contributed by atoms with E-state index in [0.29, 0.717) is 0 Å². The van der Waals surface area contributed by atoms with Gasteiger partial charge in [0, 0.05) is 16.2 Å². The van der Waals surface area contributed by atoms with Crippen molar-refractivity contribution in [3.05, 3.63) is 252 Å². The molecule has 0 saturated carbocycles. The van der Waals surface area contributed by atoms with Crippen molar-refractivity contribution in [1.82, 2.24) is 0 Å². The second-order valence-corrected chi connectivity index (χ2v) is 22.7. The van der Waals surface area contributed by atoms with Crippen LogP contribution in [0.15, 0.2) is 218 Å². The van der Waals surface area contributed by atoms with Crippen molar-refractivity contribution >= 4 is 43.1 Å². The van der Waals surface area contributed by atoms with Gasteiger partial charge in [-0.2, -0.15) is 0 Å². The van der Waals surface area contributed by atoms with E-state index in [-0.39, 0.29) is 16.2 Å². The van der Waals surface area contributed by atoms with Gasteiger partial charge >= 0.3 is 0 Å². The van der Waals surface area contributed by atoms with E-state index in [2.05, 4.69) is 260 Å². The maximum absolute atomic E-state index is 2.51. The van der Waals surface area contributed by atoms with Crippen molar-refractivity contribution < 1.29 is 0 Å². The van der Waals surface area contributed by atoms with Gasteiger partial charge < -0.3 is 0 Å². The van der Waals surface area contributed by atoms with Gasteiger partial charge in [-0.1, -0.05) is 236 Å². The molecular weight excluding hydrogens is 877 g/mol. The third kappa shape index (κ3) is 5.78. The minimum absolute atomic E-state index is 0.105. The molecule has 0 spiro atoms. The molecule has 346 valence electrons. The van der Waals surface area contributed by atoms with Crippen molar-refractivity contribution in [3.8, 4) is 77.9 Å². The van der Waals surface area contributed by atoms with Crippen LogP contribution in [0.3, 0.4) is 0 Å². The van der Waals surface area contributed by atoms with Crippen LogP contribution in [0, 0.1) is 0 Å². The molecule has 15 rings (SSSR count). The monoisotopic (exact) mass is 930 g/mol. The van der Waals surface area contributed by atoms with Crippen LogP contribution in [-0.4, -0.2) is 0 Å². The average molecular weight is 931 g/mol. The lowest BCUT2D eigenvalue weighted by molar-refractivity contribution is 0.660. The number of hydrogen-bond acceptors (Lipinski definition) is 0. The standard InChI is InChI=1S/C73H54/c1-71(2)62-25-15-13-19-51(62)53-35-32-47(41-65(53)71)67-56-22-10-11-23-57(56)68(48-33-36-54-52-20-14-16-26-63(52)72(3,4)66(54)42-48)60-39-45(31-37-58(60)67)43-27-29-44(30-28-43)46-34-38-64-61(40-46)69-55-21-9-7-17-49(55)50-18-8-12-24-59(50)70(69)73(64,5)6/h7-42H,1-6H3. The summed E-state index contributed by atoms with van der Waals surface area (Å²) >= 11 is 0. The van der Waals surface area contributed by atoms with Gasteiger partial charge in [-0.25, -0.2) is 0 Å². The molecule has 0 amide bonds. The average Bonchev–Trinajstić information content (AvgIpc) is 3.92. The predicted molar refractivity (Wildman–Crippen MR) is 311 cm³/mol. The van der Waals surface area contributed by atoms with Crippen LogP contribution in [0.4, 0.5) is 0 Å². The number of benzene rings is 12. The van der Waals surface area contributed by atoms with Gasteiger partial charge in [0.1, 0.15) is 0 Å². The summed E-state index contributed by atoms with van der Waals surface area (Å²) in [5.41, 5.74) is 26.2. The topological polar surface area (TPSA) is 0 Å². The van der Waals surface area contributed by atoms with Gasteiger partial charge in [-0.05, 0) is 179 Å². The highest BCUT2D eigenvalue weighted by Gasteiger charge is 2.40. The van der Waals surface area contributed by atoms with Crippen LogP contribution in [-0.2, 0) is 16.2 Å². The number of fused-ring (bicyclic) bond motifs is 16. The Labute approximate surface area is 428 Å². The normalized spacial score (nSPS) is 15.0. The highest BCUT2D eigenvalue weighted by molar-refractivity contribution is 6.23. The quantitative estimate of drug-likeness (QED) is 0.122. The third-order valence-electron chi connectivity index (χ3n) is 17.8. The van der Waals surface area contributed by atoms with E-state index >= 15 is 0 Å². The molecule has 0 saturated heterocycles. The molecule has 0 unspecified atom stereocenters. The van der Waals surface area contributed by atoms with Crippen LogP contribution < -0.4 is 0 Å². The first-order valence-electron chi connectivity index (χ1n) is 26.2. The Balaban J connectivity index is 0.903. The van der Waals surface area contributed by atoms with Crippen molar-refractivity contribution in [3.63, 3.8) is 0 Å². The number of rotatable bonds is 4. The minimum Gasteiger partial charge on any atom is -0.0619 e. The lowest BCUT2D eigenvalue weighted by atomic mass is 9.79. The minimum atomic E-state index is -0.124. The second kappa shape index (κ2) is 14.9. The molecule has 3 aliphatic rings. The second-order valence-electron chi connectivity index (χ2n) is 22.7. The summed E-state index contributed by atoms with van der Waals surface area (Å²) < 4.78 is 0. The fourth-order valence-electron chi connectivity index (χ4n) is 14.2. The molecule has 0 bridgehead atoms. The summed E-state index contributed by atoms with van der Waals surface area (Å²) in [5, 5.41) is 10.4.